The number of aromatic nitrogens is 3. The van der Waals surface area contributed by atoms with E-state index < -0.39 is 0 Å². The molecule has 4 rings (SSSR count). The maximum Gasteiger partial charge on any atom is 0.233 e. The molecule has 0 radical (unpaired) electrons. The van der Waals surface area contributed by atoms with Crippen molar-refractivity contribution in [2.45, 2.75) is 13.0 Å². The zero-order valence-electron chi connectivity index (χ0n) is 14.8. The highest BCUT2D eigenvalue weighted by atomic mass is 32.1. The fourth-order valence-corrected chi connectivity index (χ4v) is 3.87. The lowest BCUT2D eigenvalue weighted by Gasteiger charge is -2.20. The third-order valence-electron chi connectivity index (χ3n) is 4.25. The number of anilines is 1. The van der Waals surface area contributed by atoms with E-state index in [1.54, 1.807) is 34.0 Å². The van der Waals surface area contributed by atoms with Crippen molar-refractivity contribution in [2.75, 3.05) is 11.4 Å². The molecule has 2 aromatic heterocycles. The van der Waals surface area contributed by atoms with Crippen molar-refractivity contribution in [3.8, 4) is 0 Å². The number of carbonyl (C=O) groups excluding carboxylic acids is 1. The van der Waals surface area contributed by atoms with Crippen molar-refractivity contribution in [3.05, 3.63) is 78.1 Å². The molecule has 2 aromatic carbocycles. The van der Waals surface area contributed by atoms with E-state index >= 15 is 0 Å². The lowest BCUT2D eigenvalue weighted by Crippen LogP contribution is -2.35. The van der Waals surface area contributed by atoms with Gasteiger partial charge in [-0.25, -0.2) is 13.8 Å². The molecule has 0 fully saturated rings. The first-order chi connectivity index (χ1) is 13.6. The van der Waals surface area contributed by atoms with E-state index in [1.807, 2.05) is 12.3 Å². The summed E-state index contributed by atoms with van der Waals surface area (Å²) in [6, 6.07) is 12.0. The minimum Gasteiger partial charge on any atom is -0.286 e. The first-order valence-electron chi connectivity index (χ1n) is 8.67. The third-order valence-corrected chi connectivity index (χ3v) is 5.29. The van der Waals surface area contributed by atoms with Crippen molar-refractivity contribution in [1.29, 1.82) is 0 Å². The summed E-state index contributed by atoms with van der Waals surface area (Å²) < 4.78 is 29.0. The van der Waals surface area contributed by atoms with Gasteiger partial charge in [0.05, 0.1) is 23.2 Å². The van der Waals surface area contributed by atoms with Crippen LogP contribution in [-0.4, -0.2) is 27.2 Å². The molecule has 0 saturated heterocycles. The van der Waals surface area contributed by atoms with Gasteiger partial charge in [0.2, 0.25) is 5.91 Å². The van der Waals surface area contributed by atoms with Crippen LogP contribution in [0.4, 0.5) is 13.9 Å². The molecule has 0 spiro atoms. The van der Waals surface area contributed by atoms with Crippen LogP contribution in [0.15, 0.2) is 60.9 Å². The molecule has 0 aliphatic carbocycles. The van der Waals surface area contributed by atoms with Gasteiger partial charge in [0.15, 0.2) is 5.13 Å². The largest absolute Gasteiger partial charge is 0.286 e. The highest BCUT2D eigenvalue weighted by molar-refractivity contribution is 7.22. The average Bonchev–Trinajstić information content (AvgIpc) is 3.33. The van der Waals surface area contributed by atoms with Crippen molar-refractivity contribution in [1.82, 2.24) is 14.8 Å². The van der Waals surface area contributed by atoms with Crippen molar-refractivity contribution in [2.24, 2.45) is 0 Å². The van der Waals surface area contributed by atoms with E-state index in [0.29, 0.717) is 34.0 Å². The Hall–Kier alpha value is -3.13. The molecule has 0 saturated carbocycles. The van der Waals surface area contributed by atoms with Gasteiger partial charge in [-0.1, -0.05) is 23.5 Å². The van der Waals surface area contributed by atoms with E-state index in [9.17, 15) is 13.6 Å². The standard InChI is InChI=1S/C20H16F2N4OS/c21-15-4-2-14(3-5-15)12-19(27)26(11-10-25-9-1-8-23-25)20-24-17-7-6-16(22)13-18(17)28-20/h1-9,13H,10-12H2. The second kappa shape index (κ2) is 7.85. The second-order valence-electron chi connectivity index (χ2n) is 6.23. The Balaban J connectivity index is 1.61. The Kier molecular flexibility index (Phi) is 5.12. The minimum atomic E-state index is -0.347. The highest BCUT2D eigenvalue weighted by Gasteiger charge is 2.20. The van der Waals surface area contributed by atoms with Crippen LogP contribution in [0.25, 0.3) is 10.2 Å². The summed E-state index contributed by atoms with van der Waals surface area (Å²) in [6.45, 7) is 0.858. The summed E-state index contributed by atoms with van der Waals surface area (Å²) >= 11 is 1.26. The molecule has 28 heavy (non-hydrogen) atoms. The van der Waals surface area contributed by atoms with Gasteiger partial charge in [-0.2, -0.15) is 5.10 Å². The van der Waals surface area contributed by atoms with Crippen LogP contribution >= 0.6 is 11.3 Å². The number of hydrogen-bond acceptors (Lipinski definition) is 4. The summed E-state index contributed by atoms with van der Waals surface area (Å²) in [6.07, 6.45) is 3.60. The summed E-state index contributed by atoms with van der Waals surface area (Å²) in [5.74, 6) is -0.860. The van der Waals surface area contributed by atoms with Gasteiger partial charge >= 0.3 is 0 Å². The molecule has 4 aromatic rings. The summed E-state index contributed by atoms with van der Waals surface area (Å²) in [4.78, 5) is 19.1. The zero-order chi connectivity index (χ0) is 19.5. The molecular weight excluding hydrogens is 382 g/mol. The first-order valence-corrected chi connectivity index (χ1v) is 9.48. The molecule has 0 bridgehead atoms. The van der Waals surface area contributed by atoms with Gasteiger partial charge in [0, 0.05) is 18.9 Å². The fraction of sp³-hybridized carbons (Fsp3) is 0.150. The normalized spacial score (nSPS) is 11.1. The lowest BCUT2D eigenvalue weighted by molar-refractivity contribution is -0.118. The quantitative estimate of drug-likeness (QED) is 0.492. The summed E-state index contributed by atoms with van der Waals surface area (Å²) in [5, 5.41) is 4.66. The second-order valence-corrected chi connectivity index (χ2v) is 7.24. The van der Waals surface area contributed by atoms with Gasteiger partial charge in [-0.3, -0.25) is 14.4 Å². The number of fused-ring (bicyclic) bond motifs is 1. The number of rotatable bonds is 6. The number of amides is 1. The number of nitrogens with zero attached hydrogens (tertiary/aromatic N) is 4. The Morgan fingerprint density at radius 1 is 1.11 bits per heavy atom. The maximum absolute atomic E-state index is 13.5. The van der Waals surface area contributed by atoms with Crippen LogP contribution in [0.2, 0.25) is 0 Å². The topological polar surface area (TPSA) is 51.0 Å². The predicted molar refractivity (Wildman–Crippen MR) is 104 cm³/mol. The smallest absolute Gasteiger partial charge is 0.233 e. The van der Waals surface area contributed by atoms with Gasteiger partial charge in [0.1, 0.15) is 11.6 Å². The molecule has 0 N–H and O–H groups in total. The van der Waals surface area contributed by atoms with Crippen molar-refractivity contribution < 1.29 is 13.6 Å². The molecule has 0 atom stereocenters. The molecule has 8 heteroatoms. The van der Waals surface area contributed by atoms with E-state index in [-0.39, 0.29) is 24.0 Å². The van der Waals surface area contributed by atoms with E-state index in [4.69, 9.17) is 0 Å². The number of thiazole rings is 1. The van der Waals surface area contributed by atoms with Crippen LogP contribution in [0.5, 0.6) is 0 Å². The predicted octanol–water partition coefficient (Wildman–Crippen LogP) is 4.05. The molecule has 0 aliphatic rings. The number of hydrogen-bond donors (Lipinski definition) is 0. The van der Waals surface area contributed by atoms with Crippen LogP contribution in [0, 0.1) is 11.6 Å². The Labute approximate surface area is 163 Å². The van der Waals surface area contributed by atoms with Gasteiger partial charge in [-0.05, 0) is 42.0 Å². The summed E-state index contributed by atoms with van der Waals surface area (Å²) in [7, 11) is 0. The average molecular weight is 398 g/mol. The fourth-order valence-electron chi connectivity index (χ4n) is 2.84. The highest BCUT2D eigenvalue weighted by Crippen LogP contribution is 2.29. The Morgan fingerprint density at radius 3 is 2.64 bits per heavy atom. The van der Waals surface area contributed by atoms with Crippen LogP contribution in [0.1, 0.15) is 5.56 Å². The van der Waals surface area contributed by atoms with Gasteiger partial charge in [-0.15, -0.1) is 0 Å². The van der Waals surface area contributed by atoms with Crippen LogP contribution < -0.4 is 4.90 Å². The molecule has 142 valence electrons. The maximum atomic E-state index is 13.5. The number of halogens is 2. The molecule has 0 unspecified atom stereocenters. The SMILES string of the molecule is O=C(Cc1ccc(F)cc1)N(CCn1cccn1)c1nc2ccc(F)cc2s1. The first kappa shape index (κ1) is 18.2. The summed E-state index contributed by atoms with van der Waals surface area (Å²) in [5.41, 5.74) is 1.35. The molecular formula is C20H16F2N4OS. The van der Waals surface area contributed by atoms with Gasteiger partial charge < -0.3 is 0 Å². The van der Waals surface area contributed by atoms with Crippen LogP contribution in [0.3, 0.4) is 0 Å². The molecule has 0 aliphatic heterocycles. The van der Waals surface area contributed by atoms with E-state index in [1.165, 1.54) is 35.6 Å². The zero-order valence-corrected chi connectivity index (χ0v) is 15.6. The van der Waals surface area contributed by atoms with Crippen molar-refractivity contribution in [3.63, 3.8) is 0 Å². The van der Waals surface area contributed by atoms with Gasteiger partial charge in [0.25, 0.3) is 0 Å². The number of carbonyl (C=O) groups is 1. The van der Waals surface area contributed by atoms with Crippen LogP contribution in [-0.2, 0) is 17.8 Å². The minimum absolute atomic E-state index is 0.115. The molecule has 1 amide bonds. The van der Waals surface area contributed by atoms with Crippen molar-refractivity contribution >= 4 is 32.6 Å². The number of benzene rings is 2. The lowest BCUT2D eigenvalue weighted by atomic mass is 10.1. The third kappa shape index (κ3) is 4.07. The molecule has 5 nitrogen and oxygen atoms in total. The van der Waals surface area contributed by atoms with E-state index in [0.717, 1.165) is 0 Å². The Bertz CT molecular complexity index is 1090. The molecule has 2 heterocycles. The monoisotopic (exact) mass is 398 g/mol. The Morgan fingerprint density at radius 2 is 1.89 bits per heavy atom. The van der Waals surface area contributed by atoms with E-state index in [2.05, 4.69) is 10.1 Å².